The van der Waals surface area contributed by atoms with Crippen LogP contribution in [0.15, 0.2) is 12.1 Å². The van der Waals surface area contributed by atoms with Crippen LogP contribution in [0.2, 0.25) is 0 Å². The Bertz CT molecular complexity index is 401. The lowest BCUT2D eigenvalue weighted by atomic mass is 10.2. The van der Waals surface area contributed by atoms with Crippen molar-refractivity contribution < 1.29 is 23.0 Å². The molecular weight excluding hydrogens is 244 g/mol. The second-order valence-electron chi connectivity index (χ2n) is 3.69. The van der Waals surface area contributed by atoms with Crippen molar-refractivity contribution in [2.75, 3.05) is 26.9 Å². The first-order valence-corrected chi connectivity index (χ1v) is 5.38. The van der Waals surface area contributed by atoms with Gasteiger partial charge in [-0.25, -0.2) is 8.78 Å². The van der Waals surface area contributed by atoms with Crippen molar-refractivity contribution in [2.45, 2.75) is 6.92 Å². The number of benzene rings is 1. The van der Waals surface area contributed by atoms with Crippen molar-refractivity contribution in [3.05, 3.63) is 29.3 Å². The molecule has 0 aliphatic rings. The Hall–Kier alpha value is -1.69. The second-order valence-corrected chi connectivity index (χ2v) is 3.69. The first-order chi connectivity index (χ1) is 8.54. The lowest BCUT2D eigenvalue weighted by molar-refractivity contribution is -0.124. The fraction of sp³-hybridized carbons (Fsp3) is 0.417. The predicted octanol–water partition coefficient (Wildman–Crippen LogP) is 1.41. The lowest BCUT2D eigenvalue weighted by Crippen LogP contribution is -2.31. The summed E-state index contributed by atoms with van der Waals surface area (Å²) in [5.41, 5.74) is 0.478. The molecule has 1 rings (SSSR count). The van der Waals surface area contributed by atoms with E-state index in [1.54, 1.807) is 6.92 Å². The zero-order valence-corrected chi connectivity index (χ0v) is 10.3. The largest absolute Gasteiger partial charge is 0.486 e. The maximum absolute atomic E-state index is 13.3. The zero-order valence-electron chi connectivity index (χ0n) is 10.3. The Morgan fingerprint density at radius 2 is 1.94 bits per heavy atom. The van der Waals surface area contributed by atoms with Gasteiger partial charge in [0.15, 0.2) is 17.4 Å². The van der Waals surface area contributed by atoms with Gasteiger partial charge < -0.3 is 14.8 Å². The number of rotatable bonds is 6. The fourth-order valence-electron chi connectivity index (χ4n) is 1.35. The molecule has 0 saturated heterocycles. The van der Waals surface area contributed by atoms with E-state index in [2.05, 4.69) is 10.1 Å². The van der Waals surface area contributed by atoms with E-state index in [-0.39, 0.29) is 25.7 Å². The molecule has 0 saturated carbocycles. The van der Waals surface area contributed by atoms with Gasteiger partial charge in [-0.1, -0.05) is 0 Å². The highest BCUT2D eigenvalue weighted by Gasteiger charge is 2.11. The highest BCUT2D eigenvalue weighted by molar-refractivity contribution is 5.77. The van der Waals surface area contributed by atoms with Gasteiger partial charge in [-0.3, -0.25) is 4.79 Å². The topological polar surface area (TPSA) is 47.6 Å². The summed E-state index contributed by atoms with van der Waals surface area (Å²) in [5, 5.41) is 2.47. The molecule has 0 aromatic heterocycles. The lowest BCUT2D eigenvalue weighted by Gasteiger charge is -2.09. The van der Waals surface area contributed by atoms with Gasteiger partial charge in [0.2, 0.25) is 5.91 Å². The van der Waals surface area contributed by atoms with E-state index in [4.69, 9.17) is 4.74 Å². The molecule has 18 heavy (non-hydrogen) atoms. The zero-order chi connectivity index (χ0) is 13.5. The fourth-order valence-corrected chi connectivity index (χ4v) is 1.35. The summed E-state index contributed by atoms with van der Waals surface area (Å²) in [6.45, 7) is 1.65. The molecule has 4 nitrogen and oxygen atoms in total. The van der Waals surface area contributed by atoms with E-state index in [1.807, 2.05) is 0 Å². The smallest absolute Gasteiger partial charge is 0.246 e. The van der Waals surface area contributed by atoms with Gasteiger partial charge in [-0.15, -0.1) is 0 Å². The normalized spacial score (nSPS) is 10.2. The Kier molecular flexibility index (Phi) is 5.51. The molecule has 0 aliphatic heterocycles. The summed E-state index contributed by atoms with van der Waals surface area (Å²) >= 11 is 0. The number of amides is 1. The first-order valence-electron chi connectivity index (χ1n) is 5.38. The van der Waals surface area contributed by atoms with Crippen LogP contribution in [-0.4, -0.2) is 32.8 Å². The van der Waals surface area contributed by atoms with E-state index in [9.17, 15) is 13.6 Å². The van der Waals surface area contributed by atoms with Crippen LogP contribution in [0.3, 0.4) is 0 Å². The number of hydrogen-bond acceptors (Lipinski definition) is 3. The van der Waals surface area contributed by atoms with Gasteiger partial charge in [0, 0.05) is 7.11 Å². The molecule has 0 heterocycles. The van der Waals surface area contributed by atoms with Crippen molar-refractivity contribution in [3.63, 3.8) is 0 Å². The van der Waals surface area contributed by atoms with Gasteiger partial charge >= 0.3 is 0 Å². The molecule has 0 aliphatic carbocycles. The van der Waals surface area contributed by atoms with E-state index >= 15 is 0 Å². The minimum atomic E-state index is -0.754. The Labute approximate surface area is 104 Å². The van der Waals surface area contributed by atoms with Crippen LogP contribution in [-0.2, 0) is 9.53 Å². The standard InChI is InChI=1S/C12H15F2NO3/c1-8-5-9(13)12(10(14)6-8)18-4-3-15-11(16)7-17-2/h5-6H,3-4,7H2,1-2H3,(H,15,16). The van der Waals surface area contributed by atoms with E-state index in [0.29, 0.717) is 5.56 Å². The average molecular weight is 259 g/mol. The van der Waals surface area contributed by atoms with Gasteiger partial charge in [0.1, 0.15) is 13.2 Å². The van der Waals surface area contributed by atoms with Crippen molar-refractivity contribution in [1.29, 1.82) is 0 Å². The molecule has 0 atom stereocenters. The minimum absolute atomic E-state index is 0.0215. The highest BCUT2D eigenvalue weighted by atomic mass is 19.1. The molecule has 1 aromatic rings. The summed E-state index contributed by atoms with van der Waals surface area (Å²) in [6.07, 6.45) is 0. The Morgan fingerprint density at radius 1 is 1.33 bits per heavy atom. The predicted molar refractivity (Wildman–Crippen MR) is 61.5 cm³/mol. The third kappa shape index (κ3) is 4.29. The first kappa shape index (κ1) is 14.4. The van der Waals surface area contributed by atoms with E-state index in [0.717, 1.165) is 0 Å². The number of methoxy groups -OCH3 is 1. The Balaban J connectivity index is 2.42. The number of ether oxygens (including phenoxy) is 2. The summed E-state index contributed by atoms with van der Waals surface area (Å²) in [7, 11) is 1.40. The highest BCUT2D eigenvalue weighted by Crippen LogP contribution is 2.22. The number of carbonyl (C=O) groups is 1. The summed E-state index contributed by atoms with van der Waals surface area (Å²) < 4.78 is 36.2. The van der Waals surface area contributed by atoms with Crippen LogP contribution >= 0.6 is 0 Å². The Morgan fingerprint density at radius 3 is 2.50 bits per heavy atom. The molecule has 0 fully saturated rings. The second kappa shape index (κ2) is 6.90. The maximum Gasteiger partial charge on any atom is 0.246 e. The van der Waals surface area contributed by atoms with Crippen molar-refractivity contribution in [1.82, 2.24) is 5.32 Å². The molecule has 1 aromatic carbocycles. The number of aryl methyl sites for hydroxylation is 1. The molecule has 0 unspecified atom stereocenters. The minimum Gasteiger partial charge on any atom is -0.486 e. The van der Waals surface area contributed by atoms with Gasteiger partial charge in [0.25, 0.3) is 0 Å². The average Bonchev–Trinajstić information content (AvgIpc) is 2.27. The van der Waals surface area contributed by atoms with Crippen LogP contribution in [0.4, 0.5) is 8.78 Å². The molecule has 1 N–H and O–H groups in total. The molecule has 0 spiro atoms. The number of halogens is 2. The number of hydrogen-bond donors (Lipinski definition) is 1. The van der Waals surface area contributed by atoms with Crippen molar-refractivity contribution in [3.8, 4) is 5.75 Å². The molecule has 100 valence electrons. The summed E-state index contributed by atoms with van der Waals surface area (Å²) in [6, 6.07) is 2.36. The monoisotopic (exact) mass is 259 g/mol. The van der Waals surface area contributed by atoms with Crippen LogP contribution in [0, 0.1) is 18.6 Å². The molecule has 0 radical (unpaired) electrons. The number of nitrogens with one attached hydrogen (secondary N) is 1. The maximum atomic E-state index is 13.3. The summed E-state index contributed by atoms with van der Waals surface area (Å²) in [5.74, 6) is -2.25. The molecular formula is C12H15F2NO3. The van der Waals surface area contributed by atoms with E-state index in [1.165, 1.54) is 19.2 Å². The quantitative estimate of drug-likeness (QED) is 0.786. The van der Waals surface area contributed by atoms with Crippen LogP contribution in [0.5, 0.6) is 5.75 Å². The van der Waals surface area contributed by atoms with Crippen LogP contribution in [0.25, 0.3) is 0 Å². The summed E-state index contributed by atoms with van der Waals surface area (Å²) in [4.78, 5) is 11.0. The third-order valence-electron chi connectivity index (χ3n) is 2.09. The number of carbonyl (C=O) groups excluding carboxylic acids is 1. The van der Waals surface area contributed by atoms with Crippen LogP contribution < -0.4 is 10.1 Å². The third-order valence-corrected chi connectivity index (χ3v) is 2.09. The van der Waals surface area contributed by atoms with Gasteiger partial charge in [-0.2, -0.15) is 0 Å². The molecule has 1 amide bonds. The molecule has 6 heteroatoms. The SMILES string of the molecule is COCC(=O)NCCOc1c(F)cc(C)cc1F. The van der Waals surface area contributed by atoms with Gasteiger partial charge in [0.05, 0.1) is 6.54 Å². The molecule has 0 bridgehead atoms. The van der Waals surface area contributed by atoms with Crippen LogP contribution in [0.1, 0.15) is 5.56 Å². The van der Waals surface area contributed by atoms with Crippen molar-refractivity contribution >= 4 is 5.91 Å². The van der Waals surface area contributed by atoms with E-state index < -0.39 is 17.4 Å². The van der Waals surface area contributed by atoms with Crippen molar-refractivity contribution in [2.24, 2.45) is 0 Å². The van der Waals surface area contributed by atoms with Gasteiger partial charge in [-0.05, 0) is 24.6 Å².